The highest BCUT2D eigenvalue weighted by atomic mass is 32.2. The van der Waals surface area contributed by atoms with Gasteiger partial charge in [-0.1, -0.05) is 97.1 Å². The zero-order chi connectivity index (χ0) is 35.4. The fourth-order valence-corrected chi connectivity index (χ4v) is 8.62. The number of fused-ring (bicyclic) bond motifs is 1. The van der Waals surface area contributed by atoms with Crippen LogP contribution in [0.4, 0.5) is 10.5 Å². The highest BCUT2D eigenvalue weighted by molar-refractivity contribution is 8.01. The van der Waals surface area contributed by atoms with E-state index in [4.69, 9.17) is 9.47 Å². The van der Waals surface area contributed by atoms with Crippen molar-refractivity contribution in [2.24, 2.45) is 0 Å². The van der Waals surface area contributed by atoms with Crippen LogP contribution >= 0.6 is 11.8 Å². The molecule has 256 valence electrons. The average Bonchev–Trinajstić information content (AvgIpc) is 3.72. The third-order valence-electron chi connectivity index (χ3n) is 9.16. The van der Waals surface area contributed by atoms with E-state index in [9.17, 15) is 24.5 Å². The van der Waals surface area contributed by atoms with Gasteiger partial charge in [0, 0.05) is 23.9 Å². The van der Waals surface area contributed by atoms with Gasteiger partial charge in [0.15, 0.2) is 0 Å². The smallest absolute Gasteiger partial charge is 0.410 e. The molecule has 1 saturated heterocycles. The number of hydrogen-bond acceptors (Lipinski definition) is 8. The van der Waals surface area contributed by atoms with Gasteiger partial charge in [-0.3, -0.25) is 25.0 Å². The molecular formula is C40H33N3O7S. The summed E-state index contributed by atoms with van der Waals surface area (Å²) in [6.45, 7) is 0.323. The van der Waals surface area contributed by atoms with Crippen LogP contribution in [0.25, 0.3) is 0 Å². The van der Waals surface area contributed by atoms with Gasteiger partial charge in [0.2, 0.25) is 0 Å². The number of carbonyl (C=O) groups excluding carboxylic acids is 3. The maximum Gasteiger partial charge on any atom is 0.410 e. The summed E-state index contributed by atoms with van der Waals surface area (Å²) >= 11 is 1.77. The number of amides is 3. The Morgan fingerprint density at radius 3 is 1.96 bits per heavy atom. The minimum Gasteiger partial charge on any atom is -0.491 e. The predicted octanol–water partition coefficient (Wildman–Crippen LogP) is 7.36. The summed E-state index contributed by atoms with van der Waals surface area (Å²) in [7, 11) is 0. The van der Waals surface area contributed by atoms with Gasteiger partial charge in [0.25, 0.3) is 17.5 Å². The lowest BCUT2D eigenvalue weighted by Gasteiger charge is -2.37. The van der Waals surface area contributed by atoms with Gasteiger partial charge in [0.1, 0.15) is 19.0 Å². The number of carbonyl (C=O) groups is 3. The summed E-state index contributed by atoms with van der Waals surface area (Å²) in [6.07, 6.45) is -0.00731. The van der Waals surface area contributed by atoms with Crippen LogP contribution in [-0.4, -0.2) is 52.2 Å². The second kappa shape index (κ2) is 14.5. The summed E-state index contributed by atoms with van der Waals surface area (Å²) in [4.78, 5) is 51.1. The molecule has 7 rings (SSSR count). The number of thioether (sulfide) groups is 1. The van der Waals surface area contributed by atoms with Gasteiger partial charge in [-0.05, 0) is 52.9 Å². The monoisotopic (exact) mass is 699 g/mol. The predicted molar refractivity (Wildman–Crippen MR) is 193 cm³/mol. The first kappa shape index (κ1) is 33.6. The molecule has 2 heterocycles. The molecule has 2 aliphatic rings. The topological polar surface area (TPSA) is 128 Å². The Morgan fingerprint density at radius 1 is 0.804 bits per heavy atom. The molecule has 0 spiro atoms. The molecule has 3 amide bonds. The SMILES string of the molecule is O=C1NC(=O)c2c(OC[C@@H]3C[C@H](SC(c4ccccc4)(c4ccccc4)c4ccccc4)CN3C(=O)OCc3ccc([N+](=O)[O-])cc3)cccc21. The summed E-state index contributed by atoms with van der Waals surface area (Å²) in [6, 6.07) is 41.2. The molecule has 11 heteroatoms. The van der Waals surface area contributed by atoms with E-state index in [0.29, 0.717) is 18.5 Å². The number of likely N-dealkylation sites (tertiary alicyclic amines) is 1. The number of nitrogens with one attached hydrogen (secondary N) is 1. The van der Waals surface area contributed by atoms with Crippen LogP contribution in [0.1, 0.15) is 49.4 Å². The summed E-state index contributed by atoms with van der Waals surface area (Å²) in [5.74, 6) is -0.741. The number of rotatable bonds is 11. The van der Waals surface area contributed by atoms with Gasteiger partial charge in [-0.25, -0.2) is 4.79 Å². The molecular weight excluding hydrogens is 667 g/mol. The van der Waals surface area contributed by atoms with Crippen molar-refractivity contribution in [3.05, 3.63) is 177 Å². The Labute approximate surface area is 298 Å². The van der Waals surface area contributed by atoms with Crippen LogP contribution in [0, 0.1) is 10.1 Å². The molecule has 0 bridgehead atoms. The Morgan fingerprint density at radius 2 is 1.39 bits per heavy atom. The number of ether oxygens (including phenoxy) is 2. The lowest BCUT2D eigenvalue weighted by atomic mass is 9.84. The Bertz CT molecular complexity index is 1960. The standard InChI is InChI=1S/C40H33N3O7S/c44-37-34-17-10-18-35(36(34)38(45)41-37)49-26-32-23-33(24-42(32)39(46)50-25-27-19-21-31(22-20-27)43(47)48)51-40(28-11-4-1-5-12-28,29-13-6-2-7-14-29)30-15-8-3-9-16-30/h1-22,32-33H,23-26H2,(H,41,44,45)/t32-,33-/m0/s1. The number of nitro benzene ring substituents is 1. The normalized spacial score (nSPS) is 16.7. The second-order valence-electron chi connectivity index (χ2n) is 12.3. The Balaban J connectivity index is 1.20. The molecule has 5 aromatic carbocycles. The summed E-state index contributed by atoms with van der Waals surface area (Å²) < 4.78 is 11.4. The van der Waals surface area contributed by atoms with Crippen molar-refractivity contribution in [3.8, 4) is 5.75 Å². The van der Waals surface area contributed by atoms with Gasteiger partial charge in [-0.2, -0.15) is 0 Å². The zero-order valence-electron chi connectivity index (χ0n) is 27.3. The van der Waals surface area contributed by atoms with Crippen LogP contribution in [0.5, 0.6) is 5.75 Å². The van der Waals surface area contributed by atoms with Crippen LogP contribution < -0.4 is 10.1 Å². The molecule has 2 atom stereocenters. The fourth-order valence-electron chi connectivity index (χ4n) is 6.75. The van der Waals surface area contributed by atoms with Crippen LogP contribution in [-0.2, 0) is 16.1 Å². The zero-order valence-corrected chi connectivity index (χ0v) is 28.2. The minimum absolute atomic E-state index is 0.0522. The first-order valence-electron chi connectivity index (χ1n) is 16.5. The molecule has 5 aromatic rings. The number of non-ortho nitro benzene ring substituents is 1. The minimum atomic E-state index is -0.628. The molecule has 10 nitrogen and oxygen atoms in total. The molecule has 0 aliphatic carbocycles. The molecule has 0 radical (unpaired) electrons. The van der Waals surface area contributed by atoms with Crippen molar-refractivity contribution in [1.82, 2.24) is 10.2 Å². The molecule has 0 saturated carbocycles. The maximum atomic E-state index is 13.8. The first-order valence-corrected chi connectivity index (χ1v) is 17.3. The third-order valence-corrected chi connectivity index (χ3v) is 10.9. The largest absolute Gasteiger partial charge is 0.491 e. The van der Waals surface area contributed by atoms with E-state index < -0.39 is 33.6 Å². The van der Waals surface area contributed by atoms with Gasteiger partial charge < -0.3 is 14.4 Å². The number of nitrogens with zero attached hydrogens (tertiary/aromatic N) is 2. The van der Waals surface area contributed by atoms with E-state index in [1.165, 1.54) is 12.1 Å². The number of hydrogen-bond donors (Lipinski definition) is 1. The highest BCUT2D eigenvalue weighted by Gasteiger charge is 2.45. The van der Waals surface area contributed by atoms with Crippen LogP contribution in [0.3, 0.4) is 0 Å². The summed E-state index contributed by atoms with van der Waals surface area (Å²) in [5.41, 5.74) is 4.26. The van der Waals surface area contributed by atoms with Crippen molar-refractivity contribution in [1.29, 1.82) is 0 Å². The lowest BCUT2D eigenvalue weighted by molar-refractivity contribution is -0.384. The Hall–Kier alpha value is -5.94. The number of nitro groups is 1. The highest BCUT2D eigenvalue weighted by Crippen LogP contribution is 2.52. The maximum absolute atomic E-state index is 13.8. The van der Waals surface area contributed by atoms with E-state index in [2.05, 4.69) is 41.7 Å². The van der Waals surface area contributed by atoms with E-state index in [0.717, 1.165) is 16.7 Å². The molecule has 51 heavy (non-hydrogen) atoms. The summed E-state index contributed by atoms with van der Waals surface area (Å²) in [5, 5.41) is 13.3. The molecule has 2 aliphatic heterocycles. The van der Waals surface area contributed by atoms with E-state index in [1.807, 2.05) is 54.6 Å². The molecule has 1 N–H and O–H groups in total. The van der Waals surface area contributed by atoms with Crippen molar-refractivity contribution in [2.75, 3.05) is 13.2 Å². The Kier molecular flexibility index (Phi) is 9.54. The van der Waals surface area contributed by atoms with Crippen molar-refractivity contribution >= 4 is 35.4 Å². The van der Waals surface area contributed by atoms with E-state index in [-0.39, 0.29) is 41.0 Å². The molecule has 0 unspecified atom stereocenters. The lowest BCUT2D eigenvalue weighted by Crippen LogP contribution is -2.39. The van der Waals surface area contributed by atoms with Crippen LogP contribution in [0.2, 0.25) is 0 Å². The second-order valence-corrected chi connectivity index (χ2v) is 13.8. The average molecular weight is 700 g/mol. The van der Waals surface area contributed by atoms with E-state index in [1.54, 1.807) is 47.0 Å². The van der Waals surface area contributed by atoms with Crippen LogP contribution in [0.15, 0.2) is 133 Å². The fraction of sp³-hybridized carbons (Fsp3) is 0.175. The quantitative estimate of drug-likeness (QED) is 0.0656. The van der Waals surface area contributed by atoms with Gasteiger partial charge >= 0.3 is 6.09 Å². The number of benzene rings is 5. The van der Waals surface area contributed by atoms with Crippen molar-refractivity contribution in [3.63, 3.8) is 0 Å². The van der Waals surface area contributed by atoms with Crippen molar-refractivity contribution in [2.45, 2.75) is 29.1 Å². The molecule has 0 aromatic heterocycles. The molecule has 1 fully saturated rings. The van der Waals surface area contributed by atoms with Gasteiger partial charge in [0.05, 0.1) is 26.8 Å². The third kappa shape index (κ3) is 6.80. The van der Waals surface area contributed by atoms with Crippen molar-refractivity contribution < 1.29 is 28.8 Å². The van der Waals surface area contributed by atoms with E-state index >= 15 is 0 Å². The van der Waals surface area contributed by atoms with Gasteiger partial charge in [-0.15, -0.1) is 11.8 Å². The first-order chi connectivity index (χ1) is 24.8. The number of imide groups is 1.